The molecule has 0 aromatic heterocycles. The maximum Gasteiger partial charge on any atom is 0.410 e. The van der Waals surface area contributed by atoms with Crippen molar-refractivity contribution < 1.29 is 9.53 Å². The number of amides is 1. The largest absolute Gasteiger partial charge is 0.444 e. The Morgan fingerprint density at radius 1 is 1.19 bits per heavy atom. The molecule has 0 saturated heterocycles. The molecule has 0 bridgehead atoms. The first kappa shape index (κ1) is 24.5. The van der Waals surface area contributed by atoms with Crippen LogP contribution in [0.2, 0.25) is 0 Å². The van der Waals surface area contributed by atoms with E-state index in [1.54, 1.807) is 19.0 Å². The average molecular weight is 476 g/mol. The molecule has 7 heteroatoms. The van der Waals surface area contributed by atoms with E-state index in [0.717, 1.165) is 17.1 Å². The van der Waals surface area contributed by atoms with Gasteiger partial charge < -0.3 is 20.3 Å². The van der Waals surface area contributed by atoms with Gasteiger partial charge in [-0.3, -0.25) is 4.99 Å². The molecular weight excluding hydrogens is 443 g/mol. The van der Waals surface area contributed by atoms with Crippen LogP contribution in [-0.4, -0.2) is 42.7 Å². The molecule has 1 aromatic carbocycles. The second kappa shape index (κ2) is 11.3. The minimum atomic E-state index is -0.483. The number of aliphatic imine (C=N–C) groups is 1. The van der Waals surface area contributed by atoms with Gasteiger partial charge in [-0.1, -0.05) is 24.3 Å². The lowest BCUT2D eigenvalue weighted by molar-refractivity contribution is 0.0285. The van der Waals surface area contributed by atoms with E-state index < -0.39 is 5.60 Å². The molecule has 0 fully saturated rings. The van der Waals surface area contributed by atoms with Crippen LogP contribution in [0.25, 0.3) is 0 Å². The molecule has 2 N–H and O–H groups in total. The molecular formula is C19H33IN4O2. The highest BCUT2D eigenvalue weighted by atomic mass is 127. The van der Waals surface area contributed by atoms with E-state index in [2.05, 4.69) is 29.5 Å². The third kappa shape index (κ3) is 9.84. The number of hydrogen-bond acceptors (Lipinski definition) is 3. The van der Waals surface area contributed by atoms with Crippen LogP contribution in [0.4, 0.5) is 4.79 Å². The van der Waals surface area contributed by atoms with E-state index in [0.29, 0.717) is 19.1 Å². The molecule has 26 heavy (non-hydrogen) atoms. The smallest absolute Gasteiger partial charge is 0.410 e. The molecule has 1 rings (SSSR count). The van der Waals surface area contributed by atoms with E-state index in [-0.39, 0.29) is 30.1 Å². The average Bonchev–Trinajstić information content (AvgIpc) is 2.50. The Balaban J connectivity index is 0.00000625. The fourth-order valence-electron chi connectivity index (χ4n) is 2.09. The van der Waals surface area contributed by atoms with Crippen molar-refractivity contribution in [1.29, 1.82) is 0 Å². The molecule has 1 aromatic rings. The van der Waals surface area contributed by atoms with Crippen LogP contribution in [0.3, 0.4) is 0 Å². The molecule has 148 valence electrons. The third-order valence-corrected chi connectivity index (χ3v) is 3.26. The standard InChI is InChI=1S/C19H32N4O2.HI/c1-14(2)22-17(20-6)21-12-15-8-10-16(11-9-15)13-23(7)18(24)25-19(3,4)5;/h8-11,14H,12-13H2,1-7H3,(H2,20,21,22);1H. The number of rotatable bonds is 5. The summed E-state index contributed by atoms with van der Waals surface area (Å²) >= 11 is 0. The first-order valence-electron chi connectivity index (χ1n) is 8.60. The second-order valence-electron chi connectivity index (χ2n) is 7.38. The van der Waals surface area contributed by atoms with Gasteiger partial charge in [-0.2, -0.15) is 0 Å². The van der Waals surface area contributed by atoms with Gasteiger partial charge in [-0.15, -0.1) is 24.0 Å². The van der Waals surface area contributed by atoms with Crippen molar-refractivity contribution in [2.24, 2.45) is 4.99 Å². The highest BCUT2D eigenvalue weighted by molar-refractivity contribution is 14.0. The lowest BCUT2D eigenvalue weighted by Crippen LogP contribution is -2.40. The number of hydrogen-bond donors (Lipinski definition) is 2. The Hall–Kier alpha value is -1.51. The molecule has 0 aliphatic rings. The summed E-state index contributed by atoms with van der Waals surface area (Å²) in [6.07, 6.45) is -0.318. The predicted molar refractivity (Wildman–Crippen MR) is 118 cm³/mol. The van der Waals surface area contributed by atoms with Gasteiger partial charge >= 0.3 is 6.09 Å². The molecule has 0 unspecified atom stereocenters. The van der Waals surface area contributed by atoms with Gasteiger partial charge in [0.25, 0.3) is 0 Å². The van der Waals surface area contributed by atoms with Gasteiger partial charge in [-0.05, 0) is 45.7 Å². The second-order valence-corrected chi connectivity index (χ2v) is 7.38. The SMILES string of the molecule is CN=C(NCc1ccc(CN(C)C(=O)OC(C)(C)C)cc1)NC(C)C.I. The van der Waals surface area contributed by atoms with Crippen LogP contribution >= 0.6 is 24.0 Å². The van der Waals surface area contributed by atoms with Crippen LogP contribution < -0.4 is 10.6 Å². The summed E-state index contributed by atoms with van der Waals surface area (Å²) in [6, 6.07) is 8.48. The van der Waals surface area contributed by atoms with Crippen LogP contribution in [0, 0.1) is 0 Å². The Morgan fingerprint density at radius 3 is 2.19 bits per heavy atom. The van der Waals surface area contributed by atoms with Gasteiger partial charge in [-0.25, -0.2) is 4.79 Å². The van der Waals surface area contributed by atoms with E-state index in [1.165, 1.54) is 0 Å². The third-order valence-electron chi connectivity index (χ3n) is 3.26. The van der Waals surface area contributed by atoms with Gasteiger partial charge in [0.2, 0.25) is 0 Å². The molecule has 0 atom stereocenters. The topological polar surface area (TPSA) is 66.0 Å². The van der Waals surface area contributed by atoms with Crippen molar-refractivity contribution in [2.45, 2.75) is 59.4 Å². The Bertz CT molecular complexity index is 580. The molecule has 0 saturated carbocycles. The number of guanidine groups is 1. The number of nitrogens with one attached hydrogen (secondary N) is 2. The summed E-state index contributed by atoms with van der Waals surface area (Å²) in [5, 5.41) is 6.52. The molecule has 0 aliphatic heterocycles. The number of halogens is 1. The molecule has 0 spiro atoms. The highest BCUT2D eigenvalue weighted by Crippen LogP contribution is 2.12. The summed E-state index contributed by atoms with van der Waals surface area (Å²) in [5.41, 5.74) is 1.72. The number of carbonyl (C=O) groups excluding carboxylic acids is 1. The Morgan fingerprint density at radius 2 is 1.73 bits per heavy atom. The molecule has 1 amide bonds. The van der Waals surface area contributed by atoms with Crippen LogP contribution in [0.1, 0.15) is 45.7 Å². The zero-order valence-corrected chi connectivity index (χ0v) is 19.3. The van der Waals surface area contributed by atoms with E-state index in [1.807, 2.05) is 45.0 Å². The normalized spacial score (nSPS) is 11.6. The summed E-state index contributed by atoms with van der Waals surface area (Å²) in [4.78, 5) is 17.8. The van der Waals surface area contributed by atoms with Gasteiger partial charge in [0.15, 0.2) is 5.96 Å². The minimum absolute atomic E-state index is 0. The Labute approximate surface area is 174 Å². The Kier molecular flexibility index (Phi) is 10.6. The molecule has 0 aliphatic carbocycles. The molecule has 0 heterocycles. The first-order valence-corrected chi connectivity index (χ1v) is 8.60. The van der Waals surface area contributed by atoms with Crippen molar-refractivity contribution in [3.8, 4) is 0 Å². The highest BCUT2D eigenvalue weighted by Gasteiger charge is 2.19. The lowest BCUT2D eigenvalue weighted by Gasteiger charge is -2.24. The molecule has 6 nitrogen and oxygen atoms in total. The van der Waals surface area contributed by atoms with Crippen LogP contribution in [-0.2, 0) is 17.8 Å². The quantitative estimate of drug-likeness (QED) is 0.386. The van der Waals surface area contributed by atoms with E-state index in [4.69, 9.17) is 4.74 Å². The number of benzene rings is 1. The van der Waals surface area contributed by atoms with Crippen LogP contribution in [0.5, 0.6) is 0 Å². The lowest BCUT2D eigenvalue weighted by atomic mass is 10.1. The van der Waals surface area contributed by atoms with Crippen molar-refractivity contribution in [1.82, 2.24) is 15.5 Å². The molecule has 0 radical (unpaired) electrons. The minimum Gasteiger partial charge on any atom is -0.444 e. The van der Waals surface area contributed by atoms with Crippen molar-refractivity contribution in [3.63, 3.8) is 0 Å². The van der Waals surface area contributed by atoms with Crippen molar-refractivity contribution in [2.75, 3.05) is 14.1 Å². The maximum atomic E-state index is 12.0. The number of ether oxygens (including phenoxy) is 1. The number of carbonyl (C=O) groups is 1. The van der Waals surface area contributed by atoms with Crippen LogP contribution in [0.15, 0.2) is 29.3 Å². The fraction of sp³-hybridized carbons (Fsp3) is 0.579. The zero-order valence-electron chi connectivity index (χ0n) is 16.9. The van der Waals surface area contributed by atoms with E-state index in [9.17, 15) is 4.79 Å². The summed E-state index contributed by atoms with van der Waals surface area (Å²) < 4.78 is 5.36. The van der Waals surface area contributed by atoms with Crippen molar-refractivity contribution >= 4 is 36.0 Å². The maximum absolute atomic E-state index is 12.0. The fourth-order valence-corrected chi connectivity index (χ4v) is 2.09. The number of nitrogens with zero attached hydrogens (tertiary/aromatic N) is 2. The van der Waals surface area contributed by atoms with E-state index >= 15 is 0 Å². The van der Waals surface area contributed by atoms with Crippen molar-refractivity contribution in [3.05, 3.63) is 35.4 Å². The zero-order chi connectivity index (χ0) is 19.0. The summed E-state index contributed by atoms with van der Waals surface area (Å²) in [6.45, 7) is 10.9. The van der Waals surface area contributed by atoms with Gasteiger partial charge in [0.1, 0.15) is 5.60 Å². The summed E-state index contributed by atoms with van der Waals surface area (Å²) in [5.74, 6) is 0.781. The first-order chi connectivity index (χ1) is 11.6. The monoisotopic (exact) mass is 476 g/mol. The van der Waals surface area contributed by atoms with Gasteiger partial charge in [0.05, 0.1) is 0 Å². The van der Waals surface area contributed by atoms with Gasteiger partial charge in [0, 0.05) is 33.2 Å². The predicted octanol–water partition coefficient (Wildman–Crippen LogP) is 3.74. The summed E-state index contributed by atoms with van der Waals surface area (Å²) in [7, 11) is 3.50.